The summed E-state index contributed by atoms with van der Waals surface area (Å²) in [6.45, 7) is 3.41. The van der Waals surface area contributed by atoms with Crippen LogP contribution in [0.15, 0.2) is 18.2 Å². The molecule has 0 bridgehead atoms. The van der Waals surface area contributed by atoms with Crippen LogP contribution >= 0.6 is 0 Å². The van der Waals surface area contributed by atoms with Crippen LogP contribution in [-0.4, -0.2) is 13.7 Å². The third kappa shape index (κ3) is 2.72. The van der Waals surface area contributed by atoms with Crippen molar-refractivity contribution in [2.24, 2.45) is 0 Å². The van der Waals surface area contributed by atoms with Crippen molar-refractivity contribution in [2.45, 2.75) is 31.3 Å². The van der Waals surface area contributed by atoms with Crippen LogP contribution in [0.3, 0.4) is 0 Å². The van der Waals surface area contributed by atoms with E-state index in [0.717, 1.165) is 0 Å². The summed E-state index contributed by atoms with van der Waals surface area (Å²) in [4.78, 5) is 0. The maximum absolute atomic E-state index is 13.5. The summed E-state index contributed by atoms with van der Waals surface area (Å²) in [6, 6.07) is 4.42. The van der Waals surface area contributed by atoms with E-state index in [9.17, 15) is 12.8 Å². The van der Waals surface area contributed by atoms with E-state index in [1.165, 1.54) is 12.1 Å². The molecule has 3 nitrogen and oxygen atoms in total. The van der Waals surface area contributed by atoms with Gasteiger partial charge in [0.15, 0.2) is 9.84 Å². The van der Waals surface area contributed by atoms with Gasteiger partial charge in [0.25, 0.3) is 0 Å². The van der Waals surface area contributed by atoms with Crippen LogP contribution in [-0.2, 0) is 15.6 Å². The quantitative estimate of drug-likeness (QED) is 0.826. The SMILES string of the molecule is CCC(C)S(=O)(=O)Cc1cccc(N)c1F. The molecule has 16 heavy (non-hydrogen) atoms. The van der Waals surface area contributed by atoms with Gasteiger partial charge in [-0.25, -0.2) is 12.8 Å². The van der Waals surface area contributed by atoms with Crippen LogP contribution in [0.1, 0.15) is 25.8 Å². The molecule has 0 radical (unpaired) electrons. The van der Waals surface area contributed by atoms with E-state index in [1.54, 1.807) is 19.9 Å². The Balaban J connectivity index is 3.02. The summed E-state index contributed by atoms with van der Waals surface area (Å²) < 4.78 is 37.1. The topological polar surface area (TPSA) is 60.2 Å². The van der Waals surface area contributed by atoms with Crippen molar-refractivity contribution in [1.29, 1.82) is 0 Å². The van der Waals surface area contributed by atoms with Crippen molar-refractivity contribution in [3.8, 4) is 0 Å². The highest BCUT2D eigenvalue weighted by Gasteiger charge is 2.21. The lowest BCUT2D eigenvalue weighted by Gasteiger charge is -2.11. The summed E-state index contributed by atoms with van der Waals surface area (Å²) >= 11 is 0. The highest BCUT2D eigenvalue weighted by molar-refractivity contribution is 7.91. The predicted octanol–water partition coefficient (Wildman–Crippen LogP) is 2.12. The lowest BCUT2D eigenvalue weighted by molar-refractivity contribution is 0.575. The molecule has 1 rings (SSSR count). The third-order valence-electron chi connectivity index (χ3n) is 2.65. The molecule has 0 aliphatic carbocycles. The van der Waals surface area contributed by atoms with Gasteiger partial charge in [-0.2, -0.15) is 0 Å². The first-order valence-corrected chi connectivity index (χ1v) is 6.84. The second kappa shape index (κ2) is 4.82. The molecule has 0 spiro atoms. The summed E-state index contributed by atoms with van der Waals surface area (Å²) in [5.74, 6) is -0.923. The van der Waals surface area contributed by atoms with Crippen LogP contribution in [0.2, 0.25) is 0 Å². The number of halogens is 1. The molecule has 0 aliphatic heterocycles. The Kier molecular flexibility index (Phi) is 3.91. The zero-order chi connectivity index (χ0) is 12.3. The fraction of sp³-hybridized carbons (Fsp3) is 0.455. The van der Waals surface area contributed by atoms with Crippen molar-refractivity contribution < 1.29 is 12.8 Å². The summed E-state index contributed by atoms with van der Waals surface area (Å²) in [5, 5.41) is -0.465. The van der Waals surface area contributed by atoms with E-state index in [0.29, 0.717) is 6.42 Å². The minimum absolute atomic E-state index is 0.0168. The lowest BCUT2D eigenvalue weighted by Crippen LogP contribution is -2.19. The molecule has 1 aromatic rings. The Morgan fingerprint density at radius 1 is 1.44 bits per heavy atom. The fourth-order valence-electron chi connectivity index (χ4n) is 1.32. The Labute approximate surface area is 95.4 Å². The number of nitrogen functional groups attached to an aromatic ring is 1. The molecular formula is C11H16FNO2S. The minimum atomic E-state index is -3.30. The zero-order valence-corrected chi connectivity index (χ0v) is 10.2. The number of hydrogen-bond donors (Lipinski definition) is 1. The first kappa shape index (κ1) is 13.0. The van der Waals surface area contributed by atoms with E-state index < -0.39 is 20.9 Å². The Morgan fingerprint density at radius 3 is 2.62 bits per heavy atom. The second-order valence-electron chi connectivity index (χ2n) is 3.85. The van der Waals surface area contributed by atoms with Crippen molar-refractivity contribution in [1.82, 2.24) is 0 Å². The smallest absolute Gasteiger partial charge is 0.157 e. The highest BCUT2D eigenvalue weighted by Crippen LogP contribution is 2.19. The largest absolute Gasteiger partial charge is 0.396 e. The molecule has 1 atom stereocenters. The number of rotatable bonds is 4. The maximum atomic E-state index is 13.5. The van der Waals surface area contributed by atoms with Crippen LogP contribution in [0.5, 0.6) is 0 Å². The van der Waals surface area contributed by atoms with Crippen molar-refractivity contribution >= 4 is 15.5 Å². The molecular weight excluding hydrogens is 229 g/mol. The molecule has 0 aliphatic rings. The standard InChI is InChI=1S/C11H16FNO2S/c1-3-8(2)16(14,15)7-9-5-4-6-10(13)11(9)12/h4-6,8H,3,7,13H2,1-2H3. The van der Waals surface area contributed by atoms with Gasteiger partial charge in [-0.1, -0.05) is 19.1 Å². The van der Waals surface area contributed by atoms with Gasteiger partial charge >= 0.3 is 0 Å². The molecule has 0 saturated heterocycles. The van der Waals surface area contributed by atoms with Crippen molar-refractivity contribution in [3.63, 3.8) is 0 Å². The lowest BCUT2D eigenvalue weighted by atomic mass is 10.2. The zero-order valence-electron chi connectivity index (χ0n) is 9.40. The Hall–Kier alpha value is -1.10. The van der Waals surface area contributed by atoms with Gasteiger partial charge in [0.05, 0.1) is 16.7 Å². The molecule has 0 amide bonds. The molecule has 2 N–H and O–H groups in total. The minimum Gasteiger partial charge on any atom is -0.396 e. The van der Waals surface area contributed by atoms with Crippen LogP contribution in [0, 0.1) is 5.82 Å². The van der Waals surface area contributed by atoms with Gasteiger partial charge in [-0.05, 0) is 19.4 Å². The predicted molar refractivity (Wildman–Crippen MR) is 63.2 cm³/mol. The molecule has 0 aromatic heterocycles. The summed E-state index contributed by atoms with van der Waals surface area (Å²) in [6.07, 6.45) is 0.520. The first-order chi connectivity index (χ1) is 7.38. The molecule has 1 aromatic carbocycles. The number of benzene rings is 1. The average Bonchev–Trinajstić information content (AvgIpc) is 2.23. The van der Waals surface area contributed by atoms with Crippen LogP contribution in [0.4, 0.5) is 10.1 Å². The molecule has 90 valence electrons. The third-order valence-corrected chi connectivity index (χ3v) is 4.93. The average molecular weight is 245 g/mol. The van der Waals surface area contributed by atoms with Crippen LogP contribution in [0.25, 0.3) is 0 Å². The molecule has 0 heterocycles. The van der Waals surface area contributed by atoms with Gasteiger partial charge in [0, 0.05) is 5.56 Å². The molecule has 0 fully saturated rings. The number of nitrogens with two attached hydrogens (primary N) is 1. The second-order valence-corrected chi connectivity index (χ2v) is 6.27. The number of hydrogen-bond acceptors (Lipinski definition) is 3. The number of anilines is 1. The van der Waals surface area contributed by atoms with Crippen molar-refractivity contribution in [3.05, 3.63) is 29.6 Å². The van der Waals surface area contributed by atoms with Gasteiger partial charge in [-0.3, -0.25) is 0 Å². The monoisotopic (exact) mass is 245 g/mol. The Morgan fingerprint density at radius 2 is 2.06 bits per heavy atom. The molecule has 0 saturated carbocycles. The van der Waals surface area contributed by atoms with Gasteiger partial charge in [0.2, 0.25) is 0 Å². The van der Waals surface area contributed by atoms with Crippen LogP contribution < -0.4 is 5.73 Å². The van der Waals surface area contributed by atoms with Gasteiger partial charge in [0.1, 0.15) is 5.82 Å². The number of sulfone groups is 1. The van der Waals surface area contributed by atoms with E-state index in [-0.39, 0.29) is 17.0 Å². The van der Waals surface area contributed by atoms with Gasteiger partial charge < -0.3 is 5.73 Å². The van der Waals surface area contributed by atoms with E-state index in [2.05, 4.69) is 0 Å². The Bertz CT molecular complexity index is 471. The molecule has 1 unspecified atom stereocenters. The fourth-order valence-corrected chi connectivity index (χ4v) is 2.77. The van der Waals surface area contributed by atoms with Crippen molar-refractivity contribution in [2.75, 3.05) is 5.73 Å². The summed E-state index contributed by atoms with van der Waals surface area (Å²) in [7, 11) is -3.30. The normalized spacial score (nSPS) is 13.7. The van der Waals surface area contributed by atoms with E-state index in [4.69, 9.17) is 5.73 Å². The highest BCUT2D eigenvalue weighted by atomic mass is 32.2. The van der Waals surface area contributed by atoms with E-state index >= 15 is 0 Å². The van der Waals surface area contributed by atoms with E-state index in [1.807, 2.05) is 0 Å². The maximum Gasteiger partial charge on any atom is 0.157 e. The first-order valence-electron chi connectivity index (χ1n) is 5.13. The van der Waals surface area contributed by atoms with Gasteiger partial charge in [-0.15, -0.1) is 0 Å². The summed E-state index contributed by atoms with van der Waals surface area (Å²) in [5.41, 5.74) is 5.50. The molecule has 5 heteroatoms.